The minimum absolute atomic E-state index is 0.0750. The van der Waals surface area contributed by atoms with Crippen molar-refractivity contribution in [2.24, 2.45) is 0 Å². The second-order valence-corrected chi connectivity index (χ2v) is 7.33. The lowest BCUT2D eigenvalue weighted by Crippen LogP contribution is -2.12. The summed E-state index contributed by atoms with van der Waals surface area (Å²) in [6.07, 6.45) is 1.69. The SMILES string of the molecule is COc1ccc(-c2nn(-c3ccccc3)cc2C(=O)Nc2cccc(C(C)=O)c2)cc1OC. The first-order valence-electron chi connectivity index (χ1n) is 10.3. The zero-order chi connectivity index (χ0) is 23.4. The average Bonchev–Trinajstić information content (AvgIpc) is 3.30. The Bertz CT molecular complexity index is 1310. The van der Waals surface area contributed by atoms with E-state index in [0.29, 0.717) is 39.6 Å². The predicted molar refractivity (Wildman–Crippen MR) is 127 cm³/mol. The smallest absolute Gasteiger partial charge is 0.259 e. The van der Waals surface area contributed by atoms with Crippen molar-refractivity contribution >= 4 is 17.4 Å². The van der Waals surface area contributed by atoms with Crippen LogP contribution in [0.1, 0.15) is 27.6 Å². The van der Waals surface area contributed by atoms with Crippen molar-refractivity contribution in [3.63, 3.8) is 0 Å². The Morgan fingerprint density at radius 2 is 1.64 bits per heavy atom. The molecule has 0 radical (unpaired) electrons. The minimum atomic E-state index is -0.345. The number of hydrogen-bond donors (Lipinski definition) is 1. The topological polar surface area (TPSA) is 82.5 Å². The first-order valence-corrected chi connectivity index (χ1v) is 10.3. The monoisotopic (exact) mass is 441 g/mol. The van der Waals surface area contributed by atoms with Crippen LogP contribution < -0.4 is 14.8 Å². The molecule has 1 amide bonds. The summed E-state index contributed by atoms with van der Waals surface area (Å²) in [5.41, 5.74) is 3.42. The van der Waals surface area contributed by atoms with E-state index in [-0.39, 0.29) is 11.7 Å². The molecule has 166 valence electrons. The zero-order valence-corrected chi connectivity index (χ0v) is 18.5. The van der Waals surface area contributed by atoms with Gasteiger partial charge in [0.25, 0.3) is 5.91 Å². The molecule has 0 unspecified atom stereocenters. The Morgan fingerprint density at radius 3 is 2.33 bits per heavy atom. The number of amides is 1. The molecule has 7 nitrogen and oxygen atoms in total. The van der Waals surface area contributed by atoms with Gasteiger partial charge in [-0.15, -0.1) is 0 Å². The molecule has 0 aliphatic rings. The molecule has 0 fully saturated rings. The molecule has 4 rings (SSSR count). The molecule has 0 atom stereocenters. The summed E-state index contributed by atoms with van der Waals surface area (Å²) >= 11 is 0. The molecular weight excluding hydrogens is 418 g/mol. The molecule has 0 spiro atoms. The highest BCUT2D eigenvalue weighted by molar-refractivity contribution is 6.08. The van der Waals surface area contributed by atoms with Crippen molar-refractivity contribution in [3.05, 3.63) is 90.1 Å². The number of methoxy groups -OCH3 is 2. The molecule has 0 saturated heterocycles. The molecule has 33 heavy (non-hydrogen) atoms. The Balaban J connectivity index is 1.78. The van der Waals surface area contributed by atoms with E-state index < -0.39 is 0 Å². The molecule has 3 aromatic carbocycles. The lowest BCUT2D eigenvalue weighted by atomic mass is 10.1. The average molecular weight is 441 g/mol. The van der Waals surface area contributed by atoms with Gasteiger partial charge in [-0.2, -0.15) is 5.10 Å². The normalized spacial score (nSPS) is 10.5. The predicted octanol–water partition coefficient (Wildman–Crippen LogP) is 5.01. The number of benzene rings is 3. The van der Waals surface area contributed by atoms with Crippen LogP contribution in [0, 0.1) is 0 Å². The highest BCUT2D eigenvalue weighted by Crippen LogP contribution is 2.33. The summed E-state index contributed by atoms with van der Waals surface area (Å²) in [7, 11) is 3.12. The number of aromatic nitrogens is 2. The molecule has 1 aromatic heterocycles. The van der Waals surface area contributed by atoms with Crippen LogP contribution in [0.15, 0.2) is 79.0 Å². The minimum Gasteiger partial charge on any atom is -0.493 e. The molecule has 4 aromatic rings. The number of anilines is 1. The first-order chi connectivity index (χ1) is 16.0. The quantitative estimate of drug-likeness (QED) is 0.408. The number of carbonyl (C=O) groups is 2. The molecule has 0 aliphatic heterocycles. The highest BCUT2D eigenvalue weighted by atomic mass is 16.5. The van der Waals surface area contributed by atoms with Crippen molar-refractivity contribution in [1.29, 1.82) is 0 Å². The number of hydrogen-bond acceptors (Lipinski definition) is 5. The van der Waals surface area contributed by atoms with Crippen molar-refractivity contribution in [2.75, 3.05) is 19.5 Å². The van der Waals surface area contributed by atoms with Gasteiger partial charge in [0.2, 0.25) is 0 Å². The lowest BCUT2D eigenvalue weighted by Gasteiger charge is -2.10. The van der Waals surface area contributed by atoms with E-state index in [1.165, 1.54) is 6.92 Å². The number of nitrogens with one attached hydrogen (secondary N) is 1. The van der Waals surface area contributed by atoms with Crippen LogP contribution in [0.3, 0.4) is 0 Å². The number of Topliss-reactive ketones (excluding diaryl/α,β-unsaturated/α-hetero) is 1. The van der Waals surface area contributed by atoms with E-state index in [4.69, 9.17) is 14.6 Å². The number of ether oxygens (including phenoxy) is 2. The Morgan fingerprint density at radius 1 is 0.879 bits per heavy atom. The molecule has 1 N–H and O–H groups in total. The highest BCUT2D eigenvalue weighted by Gasteiger charge is 2.20. The fraction of sp³-hybridized carbons (Fsp3) is 0.115. The van der Waals surface area contributed by atoms with Crippen LogP contribution in [0.2, 0.25) is 0 Å². The summed E-state index contributed by atoms with van der Waals surface area (Å²) in [5.74, 6) is 0.692. The Kier molecular flexibility index (Phi) is 6.22. The maximum atomic E-state index is 13.3. The van der Waals surface area contributed by atoms with Gasteiger partial charge >= 0.3 is 0 Å². The van der Waals surface area contributed by atoms with Gasteiger partial charge in [0.05, 0.1) is 25.5 Å². The van der Waals surface area contributed by atoms with Crippen molar-refractivity contribution in [1.82, 2.24) is 9.78 Å². The zero-order valence-electron chi connectivity index (χ0n) is 18.5. The third-order valence-corrected chi connectivity index (χ3v) is 5.16. The van der Waals surface area contributed by atoms with Crippen LogP contribution in [0.5, 0.6) is 11.5 Å². The van der Waals surface area contributed by atoms with E-state index >= 15 is 0 Å². The molecule has 0 saturated carbocycles. The molecular formula is C26H23N3O4. The van der Waals surface area contributed by atoms with Crippen LogP contribution in [-0.2, 0) is 0 Å². The number of nitrogens with zero attached hydrogens (tertiary/aromatic N) is 2. The summed E-state index contributed by atoms with van der Waals surface area (Å²) in [5, 5.41) is 7.57. The van der Waals surface area contributed by atoms with Gasteiger partial charge in [-0.05, 0) is 49.4 Å². The van der Waals surface area contributed by atoms with E-state index in [2.05, 4.69) is 5.32 Å². The van der Waals surface area contributed by atoms with Gasteiger partial charge in [0.15, 0.2) is 17.3 Å². The summed E-state index contributed by atoms with van der Waals surface area (Å²) in [6.45, 7) is 1.49. The number of carbonyl (C=O) groups excluding carboxylic acids is 2. The van der Waals surface area contributed by atoms with E-state index in [9.17, 15) is 9.59 Å². The van der Waals surface area contributed by atoms with Gasteiger partial charge in [-0.3, -0.25) is 9.59 Å². The van der Waals surface area contributed by atoms with Gasteiger partial charge < -0.3 is 14.8 Å². The van der Waals surface area contributed by atoms with Gasteiger partial charge in [-0.1, -0.05) is 30.3 Å². The molecule has 1 heterocycles. The maximum absolute atomic E-state index is 13.3. The molecule has 0 bridgehead atoms. The van der Waals surface area contributed by atoms with Crippen molar-refractivity contribution in [2.45, 2.75) is 6.92 Å². The lowest BCUT2D eigenvalue weighted by molar-refractivity contribution is 0.101. The molecule has 0 aliphatic carbocycles. The van der Waals surface area contributed by atoms with Crippen LogP contribution in [0.25, 0.3) is 16.9 Å². The fourth-order valence-electron chi connectivity index (χ4n) is 3.46. The Labute approximate surface area is 191 Å². The van der Waals surface area contributed by atoms with E-state index in [0.717, 1.165) is 5.69 Å². The van der Waals surface area contributed by atoms with Gasteiger partial charge in [0, 0.05) is 23.0 Å². The van der Waals surface area contributed by atoms with Gasteiger partial charge in [-0.25, -0.2) is 4.68 Å². The van der Waals surface area contributed by atoms with E-state index in [1.54, 1.807) is 61.5 Å². The second kappa shape index (κ2) is 9.40. The maximum Gasteiger partial charge on any atom is 0.259 e. The standard InChI is InChI=1S/C26H23N3O4/c1-17(30)18-8-7-9-20(14-18)27-26(31)22-16-29(21-10-5-4-6-11-21)28-25(22)19-12-13-23(32-2)24(15-19)33-3/h4-16H,1-3H3,(H,27,31). The third kappa shape index (κ3) is 4.62. The van der Waals surface area contributed by atoms with Crippen LogP contribution >= 0.6 is 0 Å². The van der Waals surface area contributed by atoms with Gasteiger partial charge in [0.1, 0.15) is 5.69 Å². The van der Waals surface area contributed by atoms with Crippen molar-refractivity contribution < 1.29 is 19.1 Å². The van der Waals surface area contributed by atoms with E-state index in [1.807, 2.05) is 36.4 Å². The van der Waals surface area contributed by atoms with Crippen molar-refractivity contribution in [3.8, 4) is 28.4 Å². The summed E-state index contributed by atoms with van der Waals surface area (Å²) < 4.78 is 12.4. The van der Waals surface area contributed by atoms with Crippen LogP contribution in [-0.4, -0.2) is 35.7 Å². The number of para-hydroxylation sites is 1. The number of rotatable bonds is 7. The Hall–Kier alpha value is -4.39. The summed E-state index contributed by atoms with van der Waals surface area (Å²) in [6, 6.07) is 21.7. The third-order valence-electron chi connectivity index (χ3n) is 5.16. The second-order valence-electron chi connectivity index (χ2n) is 7.33. The van der Waals surface area contributed by atoms with Crippen LogP contribution in [0.4, 0.5) is 5.69 Å². The largest absolute Gasteiger partial charge is 0.493 e. The summed E-state index contributed by atoms with van der Waals surface area (Å²) in [4.78, 5) is 25.0. The fourth-order valence-corrected chi connectivity index (χ4v) is 3.46. The number of ketones is 1. The molecule has 7 heteroatoms. The first kappa shape index (κ1) is 21.8.